The molecule has 0 saturated carbocycles. The highest BCUT2D eigenvalue weighted by atomic mass is 32.2. The number of nitrogens with zero attached hydrogens (tertiary/aromatic N) is 2. The van der Waals surface area contributed by atoms with Crippen molar-refractivity contribution in [2.24, 2.45) is 5.92 Å². The van der Waals surface area contributed by atoms with Gasteiger partial charge in [-0.2, -0.15) is 17.0 Å². The summed E-state index contributed by atoms with van der Waals surface area (Å²) in [7, 11) is -3.38. The number of carboxylic acid groups (broad SMARTS) is 1. The van der Waals surface area contributed by atoms with Gasteiger partial charge in [0.15, 0.2) is 0 Å². The highest BCUT2D eigenvalue weighted by Crippen LogP contribution is 2.23. The molecule has 2 aliphatic heterocycles. The van der Waals surface area contributed by atoms with E-state index >= 15 is 0 Å². The van der Waals surface area contributed by atoms with E-state index < -0.39 is 22.1 Å². The molecule has 6 nitrogen and oxygen atoms in total. The van der Waals surface area contributed by atoms with Gasteiger partial charge in [-0.05, 0) is 25.7 Å². The monoisotopic (exact) mass is 275 g/mol. The Kier molecular flexibility index (Phi) is 4.24. The van der Waals surface area contributed by atoms with Gasteiger partial charge >= 0.3 is 0 Å². The van der Waals surface area contributed by atoms with E-state index in [4.69, 9.17) is 0 Å². The van der Waals surface area contributed by atoms with Crippen LogP contribution in [0.3, 0.4) is 0 Å². The van der Waals surface area contributed by atoms with Gasteiger partial charge < -0.3 is 9.90 Å². The lowest BCUT2D eigenvalue weighted by Crippen LogP contribution is -2.50. The zero-order chi connectivity index (χ0) is 13.2. The minimum absolute atomic E-state index is 0.289. The number of aliphatic carboxylic acids is 1. The van der Waals surface area contributed by atoms with E-state index in [0.29, 0.717) is 25.9 Å². The Bertz CT molecular complexity index is 395. The van der Waals surface area contributed by atoms with Gasteiger partial charge in [-0.1, -0.05) is 6.42 Å². The second kappa shape index (κ2) is 5.54. The van der Waals surface area contributed by atoms with Crippen molar-refractivity contribution in [1.29, 1.82) is 0 Å². The minimum Gasteiger partial charge on any atom is -0.550 e. The quantitative estimate of drug-likeness (QED) is 0.674. The molecule has 104 valence electrons. The first kappa shape index (κ1) is 13.8. The fourth-order valence-electron chi connectivity index (χ4n) is 2.58. The summed E-state index contributed by atoms with van der Waals surface area (Å²) in [6.07, 6.45) is 3.62. The molecule has 2 fully saturated rings. The van der Waals surface area contributed by atoms with Gasteiger partial charge in [-0.15, -0.1) is 0 Å². The molecule has 7 heteroatoms. The van der Waals surface area contributed by atoms with E-state index in [-0.39, 0.29) is 13.1 Å². The van der Waals surface area contributed by atoms with E-state index in [2.05, 4.69) is 0 Å². The van der Waals surface area contributed by atoms with Crippen LogP contribution in [0.2, 0.25) is 0 Å². The molecule has 0 N–H and O–H groups in total. The molecule has 0 unspecified atom stereocenters. The van der Waals surface area contributed by atoms with E-state index in [9.17, 15) is 18.3 Å². The predicted molar refractivity (Wildman–Crippen MR) is 63.6 cm³/mol. The minimum atomic E-state index is -3.38. The van der Waals surface area contributed by atoms with Crippen LogP contribution < -0.4 is 5.11 Å². The number of carbonyl (C=O) groups is 1. The van der Waals surface area contributed by atoms with Crippen LogP contribution in [0.4, 0.5) is 0 Å². The van der Waals surface area contributed by atoms with Crippen LogP contribution in [-0.2, 0) is 15.0 Å². The molecule has 18 heavy (non-hydrogen) atoms. The van der Waals surface area contributed by atoms with Crippen LogP contribution in [0.25, 0.3) is 0 Å². The summed E-state index contributed by atoms with van der Waals surface area (Å²) in [6.45, 7) is 1.75. The Labute approximate surface area is 108 Å². The second-order valence-electron chi connectivity index (χ2n) is 4.96. The van der Waals surface area contributed by atoms with Gasteiger partial charge in [-0.3, -0.25) is 0 Å². The summed E-state index contributed by atoms with van der Waals surface area (Å²) >= 11 is 0. The van der Waals surface area contributed by atoms with Gasteiger partial charge in [0, 0.05) is 38.1 Å². The lowest BCUT2D eigenvalue weighted by atomic mass is 9.99. The fraction of sp³-hybridized carbons (Fsp3) is 0.909. The van der Waals surface area contributed by atoms with Crippen molar-refractivity contribution in [2.75, 3.05) is 26.2 Å². The maximum atomic E-state index is 12.3. The van der Waals surface area contributed by atoms with Crippen LogP contribution in [0.1, 0.15) is 32.1 Å². The summed E-state index contributed by atoms with van der Waals surface area (Å²) in [5.74, 6) is -1.57. The SMILES string of the molecule is O=C([O-])C1CCN(S(=O)(=O)N2CCCCC2)CC1. The first-order valence-corrected chi connectivity index (χ1v) is 7.87. The molecule has 0 bridgehead atoms. The molecule has 0 amide bonds. The van der Waals surface area contributed by atoms with Crippen LogP contribution in [0.15, 0.2) is 0 Å². The summed E-state index contributed by atoms with van der Waals surface area (Å²) in [5.41, 5.74) is 0. The zero-order valence-corrected chi connectivity index (χ0v) is 11.2. The predicted octanol–water partition coefficient (Wildman–Crippen LogP) is -0.821. The Balaban J connectivity index is 1.97. The van der Waals surface area contributed by atoms with Crippen LogP contribution in [0, 0.1) is 5.92 Å². The molecule has 2 saturated heterocycles. The summed E-state index contributed by atoms with van der Waals surface area (Å²) in [6, 6.07) is 0. The molecular weight excluding hydrogens is 256 g/mol. The highest BCUT2D eigenvalue weighted by molar-refractivity contribution is 7.86. The van der Waals surface area contributed by atoms with Gasteiger partial charge in [0.25, 0.3) is 10.2 Å². The van der Waals surface area contributed by atoms with Crippen molar-refractivity contribution in [3.63, 3.8) is 0 Å². The average Bonchev–Trinajstić information content (AvgIpc) is 2.40. The molecule has 0 spiro atoms. The molecule has 0 aromatic carbocycles. The molecule has 2 aliphatic rings. The lowest BCUT2D eigenvalue weighted by molar-refractivity contribution is -0.312. The Morgan fingerprint density at radius 1 is 0.944 bits per heavy atom. The van der Waals surface area contributed by atoms with Gasteiger partial charge in [0.2, 0.25) is 0 Å². The Morgan fingerprint density at radius 3 is 1.94 bits per heavy atom. The number of hydrogen-bond donors (Lipinski definition) is 0. The Hall–Kier alpha value is -0.660. The largest absolute Gasteiger partial charge is 0.550 e. The molecular formula is C11H19N2O4S-. The summed E-state index contributed by atoms with van der Waals surface area (Å²) < 4.78 is 27.6. The van der Waals surface area contributed by atoms with Gasteiger partial charge in [0.1, 0.15) is 0 Å². The van der Waals surface area contributed by atoms with E-state index in [0.717, 1.165) is 19.3 Å². The molecule has 2 heterocycles. The third-order valence-electron chi connectivity index (χ3n) is 3.75. The van der Waals surface area contributed by atoms with Crippen LogP contribution >= 0.6 is 0 Å². The Morgan fingerprint density at radius 2 is 1.44 bits per heavy atom. The first-order chi connectivity index (χ1) is 8.51. The fourth-order valence-corrected chi connectivity index (χ4v) is 4.30. The average molecular weight is 275 g/mol. The van der Waals surface area contributed by atoms with Crippen molar-refractivity contribution in [3.8, 4) is 0 Å². The number of carbonyl (C=O) groups excluding carboxylic acids is 1. The third kappa shape index (κ3) is 2.84. The number of piperidine rings is 2. The molecule has 0 aromatic rings. The van der Waals surface area contributed by atoms with Crippen molar-refractivity contribution in [3.05, 3.63) is 0 Å². The molecule has 0 aromatic heterocycles. The van der Waals surface area contributed by atoms with Gasteiger partial charge in [0.05, 0.1) is 0 Å². The maximum Gasteiger partial charge on any atom is 0.281 e. The second-order valence-corrected chi connectivity index (χ2v) is 6.89. The van der Waals surface area contributed by atoms with E-state index in [1.165, 1.54) is 8.61 Å². The summed E-state index contributed by atoms with van der Waals surface area (Å²) in [5, 5.41) is 10.7. The van der Waals surface area contributed by atoms with Gasteiger partial charge in [-0.25, -0.2) is 0 Å². The third-order valence-corrected chi connectivity index (χ3v) is 5.79. The lowest BCUT2D eigenvalue weighted by Gasteiger charge is -2.36. The maximum absolute atomic E-state index is 12.3. The zero-order valence-electron chi connectivity index (χ0n) is 10.4. The van der Waals surface area contributed by atoms with E-state index in [1.807, 2.05) is 0 Å². The topological polar surface area (TPSA) is 80.7 Å². The molecule has 0 aliphatic carbocycles. The normalized spacial score (nSPS) is 25.1. The first-order valence-electron chi connectivity index (χ1n) is 6.48. The highest BCUT2D eigenvalue weighted by Gasteiger charge is 2.33. The van der Waals surface area contributed by atoms with Crippen LogP contribution in [0.5, 0.6) is 0 Å². The number of carboxylic acids is 1. The molecule has 2 rings (SSSR count). The van der Waals surface area contributed by atoms with E-state index in [1.54, 1.807) is 0 Å². The smallest absolute Gasteiger partial charge is 0.281 e. The van der Waals surface area contributed by atoms with Crippen molar-refractivity contribution < 1.29 is 18.3 Å². The molecule has 0 atom stereocenters. The number of rotatable bonds is 3. The standard InChI is InChI=1S/C11H20N2O4S/c14-11(15)10-4-8-13(9-5-10)18(16,17)12-6-2-1-3-7-12/h10H,1-9H2,(H,14,15)/p-1. The van der Waals surface area contributed by atoms with Crippen LogP contribution in [-0.4, -0.2) is 49.2 Å². The van der Waals surface area contributed by atoms with Crippen molar-refractivity contribution in [1.82, 2.24) is 8.61 Å². The van der Waals surface area contributed by atoms with Crippen molar-refractivity contribution in [2.45, 2.75) is 32.1 Å². The number of hydrogen-bond acceptors (Lipinski definition) is 4. The summed E-state index contributed by atoms with van der Waals surface area (Å²) in [4.78, 5) is 10.7. The van der Waals surface area contributed by atoms with Crippen molar-refractivity contribution >= 4 is 16.2 Å². The molecule has 0 radical (unpaired) electrons.